The zero-order chi connectivity index (χ0) is 12.6. The van der Waals surface area contributed by atoms with E-state index in [0.717, 1.165) is 5.06 Å². The molecule has 2 atom stereocenters. The molecule has 3 N–H and O–H groups in total. The highest BCUT2D eigenvalue weighted by molar-refractivity contribution is 6.01. The van der Waals surface area contributed by atoms with Crippen molar-refractivity contribution < 1.29 is 14.4 Å². The zero-order valence-electron chi connectivity index (χ0n) is 9.26. The number of carbonyl (C=O) groups is 2. The molecule has 2 fully saturated rings. The van der Waals surface area contributed by atoms with Crippen molar-refractivity contribution in [3.05, 3.63) is 12.7 Å². The summed E-state index contributed by atoms with van der Waals surface area (Å²) in [5, 5.41) is 8.95. The number of hydroxylamine groups is 2. The van der Waals surface area contributed by atoms with Gasteiger partial charge in [-0.2, -0.15) is 5.06 Å². The highest BCUT2D eigenvalue weighted by Gasteiger charge is 2.50. The van der Waals surface area contributed by atoms with E-state index in [1.165, 1.54) is 11.0 Å². The molecule has 0 aliphatic carbocycles. The van der Waals surface area contributed by atoms with Crippen LogP contribution in [0.1, 0.15) is 6.42 Å². The Morgan fingerprint density at radius 2 is 2.41 bits per heavy atom. The van der Waals surface area contributed by atoms with Crippen molar-refractivity contribution in [1.29, 1.82) is 5.41 Å². The second kappa shape index (κ2) is 4.17. The van der Waals surface area contributed by atoms with Gasteiger partial charge in [0.05, 0.1) is 13.2 Å². The van der Waals surface area contributed by atoms with Gasteiger partial charge in [0.25, 0.3) is 0 Å². The van der Waals surface area contributed by atoms with Crippen molar-refractivity contribution in [2.45, 2.75) is 18.5 Å². The van der Waals surface area contributed by atoms with Crippen molar-refractivity contribution in [1.82, 2.24) is 9.96 Å². The maximum atomic E-state index is 11.9. The minimum absolute atomic E-state index is 0.180. The first-order valence-electron chi connectivity index (χ1n) is 5.26. The molecule has 3 amide bonds. The summed E-state index contributed by atoms with van der Waals surface area (Å²) in [5.74, 6) is -0.591. The molecule has 7 nitrogen and oxygen atoms in total. The molecule has 0 spiro atoms. The zero-order valence-corrected chi connectivity index (χ0v) is 9.26. The van der Waals surface area contributed by atoms with Crippen LogP contribution in [0, 0.1) is 5.41 Å². The Hall–Kier alpha value is -1.89. The molecule has 2 rings (SSSR count). The Morgan fingerprint density at radius 1 is 1.71 bits per heavy atom. The Kier molecular flexibility index (Phi) is 2.84. The predicted molar refractivity (Wildman–Crippen MR) is 59.2 cm³/mol. The molecule has 0 aromatic rings. The summed E-state index contributed by atoms with van der Waals surface area (Å²) in [6.07, 6.45) is 1.69. The molecular weight excluding hydrogens is 224 g/mol. The SMILES string of the molecule is C=CCON1C(=O)N2C[C@H]1C(=N)C[C@H]2C(N)=O. The van der Waals surface area contributed by atoms with Crippen LogP contribution in [-0.2, 0) is 9.63 Å². The molecule has 7 heteroatoms. The second-order valence-electron chi connectivity index (χ2n) is 4.01. The molecule has 0 unspecified atom stereocenters. The van der Waals surface area contributed by atoms with Crippen molar-refractivity contribution >= 4 is 17.6 Å². The van der Waals surface area contributed by atoms with Gasteiger partial charge < -0.3 is 16.0 Å². The van der Waals surface area contributed by atoms with Crippen LogP contribution in [-0.4, -0.2) is 52.8 Å². The average molecular weight is 238 g/mol. The molecule has 0 saturated carbocycles. The summed E-state index contributed by atoms with van der Waals surface area (Å²) < 4.78 is 0. The normalized spacial score (nSPS) is 27.5. The lowest BCUT2D eigenvalue weighted by Gasteiger charge is -2.28. The second-order valence-corrected chi connectivity index (χ2v) is 4.01. The van der Waals surface area contributed by atoms with E-state index in [0.29, 0.717) is 5.71 Å². The molecule has 2 aliphatic heterocycles. The Bertz CT molecular complexity index is 395. The molecular formula is C10H14N4O3. The van der Waals surface area contributed by atoms with E-state index in [2.05, 4.69) is 6.58 Å². The first-order valence-corrected chi connectivity index (χ1v) is 5.26. The summed E-state index contributed by atoms with van der Waals surface area (Å²) in [5.41, 5.74) is 5.51. The maximum absolute atomic E-state index is 11.9. The quantitative estimate of drug-likeness (QED) is 0.645. The van der Waals surface area contributed by atoms with Crippen LogP contribution >= 0.6 is 0 Å². The third-order valence-corrected chi connectivity index (χ3v) is 2.94. The smallest absolute Gasteiger partial charge is 0.345 e. The minimum atomic E-state index is -0.733. The van der Waals surface area contributed by atoms with Crippen LogP contribution in [0.15, 0.2) is 12.7 Å². The van der Waals surface area contributed by atoms with E-state index in [-0.39, 0.29) is 19.6 Å². The molecule has 2 aliphatic rings. The van der Waals surface area contributed by atoms with Gasteiger partial charge in [0.2, 0.25) is 5.91 Å². The number of rotatable bonds is 4. The highest BCUT2D eigenvalue weighted by atomic mass is 16.7. The molecule has 92 valence electrons. The van der Waals surface area contributed by atoms with Gasteiger partial charge in [0, 0.05) is 12.1 Å². The van der Waals surface area contributed by atoms with Crippen LogP contribution in [0.4, 0.5) is 4.79 Å². The number of primary amides is 1. The van der Waals surface area contributed by atoms with Crippen molar-refractivity contribution in [2.75, 3.05) is 13.2 Å². The predicted octanol–water partition coefficient (Wildman–Crippen LogP) is -0.512. The van der Waals surface area contributed by atoms with Gasteiger partial charge in [-0.3, -0.25) is 9.63 Å². The number of nitrogens with zero attached hydrogens (tertiary/aromatic N) is 2. The van der Waals surface area contributed by atoms with E-state index in [1.807, 2.05) is 0 Å². The number of hydrogen-bond donors (Lipinski definition) is 2. The Morgan fingerprint density at radius 3 is 3.00 bits per heavy atom. The van der Waals surface area contributed by atoms with Crippen LogP contribution in [0.3, 0.4) is 0 Å². The number of carbonyl (C=O) groups excluding carboxylic acids is 2. The van der Waals surface area contributed by atoms with Crippen LogP contribution in [0.5, 0.6) is 0 Å². The largest absolute Gasteiger partial charge is 0.368 e. The minimum Gasteiger partial charge on any atom is -0.368 e. The van der Waals surface area contributed by atoms with Crippen LogP contribution in [0.25, 0.3) is 0 Å². The van der Waals surface area contributed by atoms with Gasteiger partial charge in [-0.25, -0.2) is 4.79 Å². The molecule has 0 aromatic carbocycles. The standard InChI is InChI=1S/C10H14N4O3/c1-2-3-17-14-8-5-13(10(14)16)7(9(12)15)4-6(8)11/h2,7-8,11H,1,3-5H2,(H2,12,15)/t7-,8-/m0/s1. The van der Waals surface area contributed by atoms with Crippen molar-refractivity contribution in [2.24, 2.45) is 5.73 Å². The molecule has 17 heavy (non-hydrogen) atoms. The van der Waals surface area contributed by atoms with E-state index < -0.39 is 24.0 Å². The summed E-state index contributed by atoms with van der Waals surface area (Å²) in [7, 11) is 0. The monoisotopic (exact) mass is 238 g/mol. The summed E-state index contributed by atoms with van der Waals surface area (Å²) >= 11 is 0. The number of urea groups is 1. The van der Waals surface area contributed by atoms with Gasteiger partial charge >= 0.3 is 6.03 Å². The highest BCUT2D eigenvalue weighted by Crippen LogP contribution is 2.27. The molecule has 2 saturated heterocycles. The maximum Gasteiger partial charge on any atom is 0.345 e. The lowest BCUT2D eigenvalue weighted by molar-refractivity contribution is -0.122. The van der Waals surface area contributed by atoms with Gasteiger partial charge in [-0.1, -0.05) is 6.08 Å². The van der Waals surface area contributed by atoms with Crippen molar-refractivity contribution in [3.63, 3.8) is 0 Å². The number of nitrogens with one attached hydrogen (secondary N) is 1. The molecule has 2 bridgehead atoms. The van der Waals surface area contributed by atoms with Crippen molar-refractivity contribution in [3.8, 4) is 0 Å². The van der Waals surface area contributed by atoms with Gasteiger partial charge in [-0.05, 0) is 0 Å². The Labute approximate surface area is 98.3 Å². The topological polar surface area (TPSA) is 99.7 Å². The third-order valence-electron chi connectivity index (χ3n) is 2.94. The Balaban J connectivity index is 2.20. The van der Waals surface area contributed by atoms with Gasteiger partial charge in [-0.15, -0.1) is 6.58 Å². The number of amides is 3. The fourth-order valence-electron chi connectivity index (χ4n) is 2.10. The summed E-state index contributed by atoms with van der Waals surface area (Å²) in [4.78, 5) is 29.7. The fourth-order valence-corrected chi connectivity index (χ4v) is 2.10. The first-order chi connectivity index (χ1) is 8.06. The fraction of sp³-hybridized carbons (Fsp3) is 0.500. The third kappa shape index (κ3) is 1.78. The molecule has 2 heterocycles. The number of piperidine rings is 1. The molecule has 0 radical (unpaired) electrons. The lowest BCUT2D eigenvalue weighted by Crippen LogP contribution is -2.50. The van der Waals surface area contributed by atoms with Crippen LogP contribution < -0.4 is 5.73 Å². The number of hydrogen-bond acceptors (Lipinski definition) is 4. The molecule has 0 aromatic heterocycles. The van der Waals surface area contributed by atoms with Gasteiger partial charge in [0.1, 0.15) is 12.1 Å². The van der Waals surface area contributed by atoms with Crippen LogP contribution in [0.2, 0.25) is 0 Å². The average Bonchev–Trinajstić information content (AvgIpc) is 2.56. The van der Waals surface area contributed by atoms with E-state index in [4.69, 9.17) is 16.0 Å². The lowest BCUT2D eigenvalue weighted by atomic mass is 9.98. The van der Waals surface area contributed by atoms with E-state index >= 15 is 0 Å². The van der Waals surface area contributed by atoms with Gasteiger partial charge in [0.15, 0.2) is 0 Å². The van der Waals surface area contributed by atoms with E-state index in [1.54, 1.807) is 0 Å². The summed E-state index contributed by atoms with van der Waals surface area (Å²) in [6.45, 7) is 3.96. The number of fused-ring (bicyclic) bond motifs is 2. The summed E-state index contributed by atoms with van der Waals surface area (Å²) in [6, 6.07) is -1.57. The van der Waals surface area contributed by atoms with E-state index in [9.17, 15) is 9.59 Å². The first kappa shape index (κ1) is 11.6. The number of nitrogens with two attached hydrogens (primary N) is 1.